The highest BCUT2D eigenvalue weighted by Crippen LogP contribution is 2.39. The summed E-state index contributed by atoms with van der Waals surface area (Å²) in [5.41, 5.74) is 1.51. The molecule has 1 heterocycles. The molecule has 1 aliphatic rings. The first-order valence-electron chi connectivity index (χ1n) is 8.99. The van der Waals surface area contributed by atoms with E-state index in [1.165, 1.54) is 16.7 Å². The Kier molecular flexibility index (Phi) is 7.21. The number of thiocarbonyl (C=S) groups is 1. The number of nitrogens with zero attached hydrogens (tertiary/aromatic N) is 1. The van der Waals surface area contributed by atoms with Crippen LogP contribution in [0.15, 0.2) is 45.8 Å². The minimum atomic E-state index is -0.163. The zero-order chi connectivity index (χ0) is 21.0. The lowest BCUT2D eigenvalue weighted by molar-refractivity contribution is -0.113. The van der Waals surface area contributed by atoms with Gasteiger partial charge in [0.1, 0.15) is 5.75 Å². The molecule has 0 aliphatic carbocycles. The Labute approximate surface area is 188 Å². The van der Waals surface area contributed by atoms with Crippen molar-refractivity contribution in [3.8, 4) is 17.2 Å². The molecule has 5 nitrogen and oxygen atoms in total. The predicted molar refractivity (Wildman–Crippen MR) is 125 cm³/mol. The second kappa shape index (κ2) is 9.65. The molecule has 0 spiro atoms. The fraction of sp³-hybridized carbons (Fsp3) is 0.238. The quantitative estimate of drug-likeness (QED) is 0.366. The molecule has 3 rings (SSSR count). The van der Waals surface area contributed by atoms with E-state index in [-0.39, 0.29) is 5.91 Å². The van der Waals surface area contributed by atoms with Gasteiger partial charge in [-0.2, -0.15) is 0 Å². The molecule has 29 heavy (non-hydrogen) atoms. The van der Waals surface area contributed by atoms with Crippen molar-refractivity contribution in [1.29, 1.82) is 0 Å². The van der Waals surface area contributed by atoms with Gasteiger partial charge in [0.25, 0.3) is 5.91 Å². The number of ether oxygens (including phenoxy) is 3. The Morgan fingerprint density at radius 2 is 1.79 bits per heavy atom. The number of methoxy groups -OCH3 is 1. The van der Waals surface area contributed by atoms with Crippen molar-refractivity contribution < 1.29 is 19.0 Å². The first-order chi connectivity index (χ1) is 14.0. The van der Waals surface area contributed by atoms with E-state index < -0.39 is 0 Å². The van der Waals surface area contributed by atoms with E-state index in [1.54, 1.807) is 13.2 Å². The van der Waals surface area contributed by atoms with Crippen molar-refractivity contribution in [3.05, 3.63) is 51.3 Å². The van der Waals surface area contributed by atoms with Crippen LogP contribution in [0.3, 0.4) is 0 Å². The van der Waals surface area contributed by atoms with E-state index in [1.807, 2.05) is 50.2 Å². The molecule has 2 aromatic carbocycles. The van der Waals surface area contributed by atoms with Crippen LogP contribution < -0.4 is 19.1 Å². The maximum absolute atomic E-state index is 13.0. The highest BCUT2D eigenvalue weighted by Gasteiger charge is 2.33. The molecule has 152 valence electrons. The van der Waals surface area contributed by atoms with Gasteiger partial charge in [0.05, 0.1) is 30.9 Å². The minimum absolute atomic E-state index is 0.163. The van der Waals surface area contributed by atoms with Crippen molar-refractivity contribution in [2.24, 2.45) is 0 Å². The summed E-state index contributed by atoms with van der Waals surface area (Å²) in [6.07, 6.45) is 1.80. The zero-order valence-corrected chi connectivity index (χ0v) is 19.4. The Bertz CT molecular complexity index is 960. The molecule has 8 heteroatoms. The third kappa shape index (κ3) is 4.76. The van der Waals surface area contributed by atoms with Gasteiger partial charge in [-0.25, -0.2) is 0 Å². The second-order valence-corrected chi connectivity index (χ2v) is 8.43. The van der Waals surface area contributed by atoms with Crippen LogP contribution in [0.25, 0.3) is 6.08 Å². The number of thioether (sulfide) groups is 1. The van der Waals surface area contributed by atoms with E-state index in [0.29, 0.717) is 39.6 Å². The normalized spacial score (nSPS) is 15.2. The van der Waals surface area contributed by atoms with Gasteiger partial charge >= 0.3 is 0 Å². The molecule has 0 N–H and O–H groups in total. The average molecular weight is 494 g/mol. The summed E-state index contributed by atoms with van der Waals surface area (Å²) in [7, 11) is 1.58. The number of halogens is 1. The fourth-order valence-corrected chi connectivity index (χ4v) is 4.51. The lowest BCUT2D eigenvalue weighted by Crippen LogP contribution is -2.27. The molecule has 0 bridgehead atoms. The van der Waals surface area contributed by atoms with Crippen molar-refractivity contribution in [3.63, 3.8) is 0 Å². The van der Waals surface area contributed by atoms with Crippen LogP contribution in [0.2, 0.25) is 0 Å². The smallest absolute Gasteiger partial charge is 0.270 e. The van der Waals surface area contributed by atoms with Crippen LogP contribution >= 0.6 is 39.9 Å². The largest absolute Gasteiger partial charge is 0.494 e. The molecule has 0 atom stereocenters. The van der Waals surface area contributed by atoms with Crippen LogP contribution in [0.4, 0.5) is 5.69 Å². The lowest BCUT2D eigenvalue weighted by Gasteiger charge is -2.15. The second-order valence-electron chi connectivity index (χ2n) is 5.90. The summed E-state index contributed by atoms with van der Waals surface area (Å²) < 4.78 is 17.7. The Morgan fingerprint density at radius 1 is 1.10 bits per heavy atom. The number of hydrogen-bond donors (Lipinski definition) is 0. The first kappa shape index (κ1) is 21.7. The van der Waals surface area contributed by atoms with Gasteiger partial charge in [0.2, 0.25) is 0 Å². The van der Waals surface area contributed by atoms with Crippen LogP contribution in [0, 0.1) is 0 Å². The van der Waals surface area contributed by atoms with Gasteiger partial charge in [-0.1, -0.05) is 39.9 Å². The topological polar surface area (TPSA) is 48.0 Å². The summed E-state index contributed by atoms with van der Waals surface area (Å²) in [5.74, 6) is 1.83. The first-order valence-corrected chi connectivity index (χ1v) is 11.0. The van der Waals surface area contributed by atoms with Crippen molar-refractivity contribution in [1.82, 2.24) is 0 Å². The molecule has 2 aromatic rings. The van der Waals surface area contributed by atoms with Crippen LogP contribution in [-0.2, 0) is 4.79 Å². The van der Waals surface area contributed by atoms with Gasteiger partial charge in [-0.05, 0) is 61.9 Å². The Balaban J connectivity index is 1.90. The maximum atomic E-state index is 13.0. The number of carbonyl (C=O) groups excluding carboxylic acids is 1. The monoisotopic (exact) mass is 493 g/mol. The summed E-state index contributed by atoms with van der Waals surface area (Å²) in [6.45, 7) is 4.95. The Hall–Kier alpha value is -2.03. The van der Waals surface area contributed by atoms with Crippen LogP contribution in [0.1, 0.15) is 19.4 Å². The van der Waals surface area contributed by atoms with Gasteiger partial charge in [-0.15, -0.1) is 0 Å². The molecule has 1 saturated heterocycles. The Morgan fingerprint density at radius 3 is 2.41 bits per heavy atom. The summed E-state index contributed by atoms with van der Waals surface area (Å²) in [4.78, 5) is 15.1. The van der Waals surface area contributed by atoms with Gasteiger partial charge in [0, 0.05) is 4.47 Å². The molecule has 0 radical (unpaired) electrons. The number of carbonyl (C=O) groups is 1. The lowest BCUT2D eigenvalue weighted by atomic mass is 10.1. The molecular formula is C21H20BrNO4S2. The number of hydrogen-bond acceptors (Lipinski definition) is 6. The number of rotatable bonds is 7. The van der Waals surface area contributed by atoms with Crippen molar-refractivity contribution >= 4 is 61.9 Å². The van der Waals surface area contributed by atoms with E-state index in [9.17, 15) is 4.79 Å². The molecule has 1 amide bonds. The van der Waals surface area contributed by atoms with Crippen molar-refractivity contribution in [2.45, 2.75) is 13.8 Å². The fourth-order valence-electron chi connectivity index (χ4n) is 2.78. The molecule has 0 unspecified atom stereocenters. The minimum Gasteiger partial charge on any atom is -0.494 e. The van der Waals surface area contributed by atoms with Gasteiger partial charge in [-0.3, -0.25) is 9.69 Å². The highest BCUT2D eigenvalue weighted by atomic mass is 79.9. The van der Waals surface area contributed by atoms with E-state index in [2.05, 4.69) is 15.9 Å². The summed E-state index contributed by atoms with van der Waals surface area (Å²) >= 11 is 10.3. The number of benzene rings is 2. The average Bonchev–Trinajstić information content (AvgIpc) is 2.98. The summed E-state index contributed by atoms with van der Waals surface area (Å²) in [6, 6.07) is 11.0. The van der Waals surface area contributed by atoms with Gasteiger partial charge < -0.3 is 14.2 Å². The number of amides is 1. The highest BCUT2D eigenvalue weighted by molar-refractivity contribution is 9.10. The predicted octanol–water partition coefficient (Wildman–Crippen LogP) is 5.66. The molecule has 1 fully saturated rings. The molecule has 0 saturated carbocycles. The standard InChI is InChI=1S/C21H20BrNO4S2/c1-4-26-15-8-6-14(7-9-15)23-20(24)19(29-21(23)28)11-13-10-17(25-3)18(27-5-2)12-16(13)22/h6-12H,4-5H2,1-3H3/b19-11-. The summed E-state index contributed by atoms with van der Waals surface area (Å²) in [5, 5.41) is 0. The molecule has 0 aromatic heterocycles. The SMILES string of the molecule is CCOc1ccc(N2C(=O)/C(=C/c3cc(OC)c(OCC)cc3Br)SC2=S)cc1. The van der Waals surface area contributed by atoms with Crippen molar-refractivity contribution in [2.75, 3.05) is 25.2 Å². The van der Waals surface area contributed by atoms with E-state index in [0.717, 1.165) is 15.8 Å². The molecule has 1 aliphatic heterocycles. The van der Waals surface area contributed by atoms with Crippen LogP contribution in [-0.4, -0.2) is 30.6 Å². The van der Waals surface area contributed by atoms with E-state index >= 15 is 0 Å². The third-order valence-electron chi connectivity index (χ3n) is 4.07. The van der Waals surface area contributed by atoms with Crippen LogP contribution in [0.5, 0.6) is 17.2 Å². The zero-order valence-electron chi connectivity index (χ0n) is 16.2. The third-order valence-corrected chi connectivity index (χ3v) is 6.06. The number of anilines is 1. The molecular weight excluding hydrogens is 474 g/mol. The van der Waals surface area contributed by atoms with E-state index in [4.69, 9.17) is 26.4 Å². The maximum Gasteiger partial charge on any atom is 0.270 e. The van der Waals surface area contributed by atoms with Gasteiger partial charge in [0.15, 0.2) is 15.8 Å².